The zero-order valence-electron chi connectivity index (χ0n) is 9.49. The summed E-state index contributed by atoms with van der Waals surface area (Å²) >= 11 is 0. The number of esters is 1. The number of carbonyl (C=O) groups excluding carboxylic acids is 1. The molecular formula is C14H14O2. The maximum atomic E-state index is 11.3. The fourth-order valence-electron chi connectivity index (χ4n) is 1.71. The predicted octanol–water partition coefficient (Wildman–Crippen LogP) is 3.46. The maximum Gasteiger partial charge on any atom is 0.310 e. The molecule has 0 N–H and O–H groups in total. The van der Waals surface area contributed by atoms with Crippen molar-refractivity contribution in [3.05, 3.63) is 42.0 Å². The minimum atomic E-state index is -0.200. The second-order valence-electron chi connectivity index (χ2n) is 3.75. The number of ether oxygens (including phenoxy) is 1. The molecule has 2 rings (SSSR count). The molecule has 0 aliphatic rings. The molecule has 0 aromatic heterocycles. The largest absolute Gasteiger partial charge is 0.426 e. The van der Waals surface area contributed by atoms with Gasteiger partial charge in [-0.3, -0.25) is 4.79 Å². The summed E-state index contributed by atoms with van der Waals surface area (Å²) in [5.74, 6) is 0.446. The van der Waals surface area contributed by atoms with Crippen LogP contribution in [-0.2, 0) is 4.79 Å². The number of rotatable bonds is 2. The first-order chi connectivity index (χ1) is 7.72. The first-order valence-electron chi connectivity index (χ1n) is 5.41. The first-order valence-corrected chi connectivity index (χ1v) is 5.41. The molecule has 0 fully saturated rings. The molecule has 0 amide bonds. The van der Waals surface area contributed by atoms with Crippen LogP contribution in [0.2, 0.25) is 0 Å². The van der Waals surface area contributed by atoms with Gasteiger partial charge in [0.25, 0.3) is 0 Å². The van der Waals surface area contributed by atoms with Gasteiger partial charge in [0.1, 0.15) is 5.75 Å². The molecule has 2 heteroatoms. The van der Waals surface area contributed by atoms with Crippen LogP contribution in [-0.4, -0.2) is 5.97 Å². The van der Waals surface area contributed by atoms with E-state index >= 15 is 0 Å². The minimum Gasteiger partial charge on any atom is -0.426 e. The van der Waals surface area contributed by atoms with Crippen molar-refractivity contribution >= 4 is 16.7 Å². The van der Waals surface area contributed by atoms with Crippen LogP contribution in [0.1, 0.15) is 18.9 Å². The van der Waals surface area contributed by atoms with Crippen LogP contribution in [0.15, 0.2) is 36.4 Å². The van der Waals surface area contributed by atoms with Gasteiger partial charge in [0.2, 0.25) is 0 Å². The van der Waals surface area contributed by atoms with E-state index in [1.807, 2.05) is 43.3 Å². The third kappa shape index (κ3) is 1.91. The lowest BCUT2D eigenvalue weighted by Crippen LogP contribution is -2.05. The van der Waals surface area contributed by atoms with Gasteiger partial charge < -0.3 is 4.74 Å². The molecule has 2 nitrogen and oxygen atoms in total. The van der Waals surface area contributed by atoms with Gasteiger partial charge in [-0.15, -0.1) is 0 Å². The standard InChI is InChI=1S/C14H14O2/c1-3-14(15)16-13-9-8-10(2)11-6-4-5-7-12(11)13/h4-9H,3H2,1-2H3. The van der Waals surface area contributed by atoms with Gasteiger partial charge in [0, 0.05) is 11.8 Å². The summed E-state index contributed by atoms with van der Waals surface area (Å²) in [4.78, 5) is 11.3. The molecule has 0 radical (unpaired) electrons. The Morgan fingerprint density at radius 2 is 1.81 bits per heavy atom. The molecule has 0 saturated heterocycles. The summed E-state index contributed by atoms with van der Waals surface area (Å²) in [5, 5.41) is 2.12. The van der Waals surface area contributed by atoms with Gasteiger partial charge in [-0.2, -0.15) is 0 Å². The Morgan fingerprint density at radius 1 is 1.12 bits per heavy atom. The molecule has 2 aromatic carbocycles. The molecule has 82 valence electrons. The highest BCUT2D eigenvalue weighted by atomic mass is 16.5. The van der Waals surface area contributed by atoms with Crippen molar-refractivity contribution in [3.63, 3.8) is 0 Å². The van der Waals surface area contributed by atoms with Crippen LogP contribution < -0.4 is 4.74 Å². The Kier molecular flexibility index (Phi) is 2.91. The molecule has 0 bridgehead atoms. The average Bonchev–Trinajstić information content (AvgIpc) is 2.33. The van der Waals surface area contributed by atoms with Crippen LogP contribution in [0.25, 0.3) is 10.8 Å². The van der Waals surface area contributed by atoms with E-state index in [1.54, 1.807) is 6.92 Å². The molecule has 0 aliphatic carbocycles. The molecule has 16 heavy (non-hydrogen) atoms. The van der Waals surface area contributed by atoms with Crippen LogP contribution in [0, 0.1) is 6.92 Å². The van der Waals surface area contributed by atoms with E-state index in [1.165, 1.54) is 5.56 Å². The summed E-state index contributed by atoms with van der Waals surface area (Å²) in [5.41, 5.74) is 1.19. The molecule has 0 saturated carbocycles. The van der Waals surface area contributed by atoms with E-state index in [0.717, 1.165) is 10.8 Å². The zero-order valence-corrected chi connectivity index (χ0v) is 9.49. The van der Waals surface area contributed by atoms with Crippen LogP contribution in [0.3, 0.4) is 0 Å². The quantitative estimate of drug-likeness (QED) is 0.565. The van der Waals surface area contributed by atoms with Crippen molar-refractivity contribution in [2.45, 2.75) is 20.3 Å². The van der Waals surface area contributed by atoms with E-state index in [-0.39, 0.29) is 5.97 Å². The normalized spacial score (nSPS) is 10.4. The SMILES string of the molecule is CCC(=O)Oc1ccc(C)c2ccccc12. The number of aryl methyl sites for hydroxylation is 1. The minimum absolute atomic E-state index is 0.200. The lowest BCUT2D eigenvalue weighted by Gasteiger charge is -2.08. The van der Waals surface area contributed by atoms with Gasteiger partial charge in [-0.05, 0) is 23.9 Å². The van der Waals surface area contributed by atoms with Crippen molar-refractivity contribution in [2.75, 3.05) is 0 Å². The number of carbonyl (C=O) groups is 1. The Hall–Kier alpha value is -1.83. The van der Waals surface area contributed by atoms with Crippen LogP contribution in [0.4, 0.5) is 0 Å². The third-order valence-corrected chi connectivity index (χ3v) is 2.61. The molecule has 2 aromatic rings. The number of hydrogen-bond acceptors (Lipinski definition) is 2. The Bertz CT molecular complexity index is 529. The fourth-order valence-corrected chi connectivity index (χ4v) is 1.71. The van der Waals surface area contributed by atoms with Gasteiger partial charge in [0.05, 0.1) is 0 Å². The highest BCUT2D eigenvalue weighted by Gasteiger charge is 2.07. The molecular weight excluding hydrogens is 200 g/mol. The number of fused-ring (bicyclic) bond motifs is 1. The van der Waals surface area contributed by atoms with Gasteiger partial charge in [-0.25, -0.2) is 0 Å². The number of hydrogen-bond donors (Lipinski definition) is 0. The summed E-state index contributed by atoms with van der Waals surface area (Å²) < 4.78 is 5.29. The summed E-state index contributed by atoms with van der Waals surface area (Å²) in [6, 6.07) is 11.8. The first kappa shape index (κ1) is 10.7. The molecule has 0 heterocycles. The Balaban J connectivity index is 2.54. The van der Waals surface area contributed by atoms with Gasteiger partial charge >= 0.3 is 5.97 Å². The monoisotopic (exact) mass is 214 g/mol. The van der Waals surface area contributed by atoms with Crippen LogP contribution in [0.5, 0.6) is 5.75 Å². The highest BCUT2D eigenvalue weighted by molar-refractivity contribution is 5.92. The van der Waals surface area contributed by atoms with Gasteiger partial charge in [-0.1, -0.05) is 37.3 Å². The topological polar surface area (TPSA) is 26.3 Å². The lowest BCUT2D eigenvalue weighted by molar-refractivity contribution is -0.133. The second kappa shape index (κ2) is 4.35. The molecule has 0 spiro atoms. The van der Waals surface area contributed by atoms with Crippen LogP contribution >= 0.6 is 0 Å². The van der Waals surface area contributed by atoms with E-state index in [0.29, 0.717) is 12.2 Å². The van der Waals surface area contributed by atoms with E-state index in [2.05, 4.69) is 0 Å². The second-order valence-corrected chi connectivity index (χ2v) is 3.75. The average molecular weight is 214 g/mol. The van der Waals surface area contributed by atoms with Crippen molar-refractivity contribution in [1.29, 1.82) is 0 Å². The van der Waals surface area contributed by atoms with Crippen molar-refractivity contribution in [3.8, 4) is 5.75 Å². The third-order valence-electron chi connectivity index (χ3n) is 2.61. The predicted molar refractivity (Wildman–Crippen MR) is 64.6 cm³/mol. The van der Waals surface area contributed by atoms with Crippen molar-refractivity contribution in [1.82, 2.24) is 0 Å². The maximum absolute atomic E-state index is 11.3. The fraction of sp³-hybridized carbons (Fsp3) is 0.214. The molecule has 0 atom stereocenters. The summed E-state index contributed by atoms with van der Waals surface area (Å²) in [7, 11) is 0. The van der Waals surface area contributed by atoms with E-state index < -0.39 is 0 Å². The highest BCUT2D eigenvalue weighted by Crippen LogP contribution is 2.28. The van der Waals surface area contributed by atoms with Crippen molar-refractivity contribution < 1.29 is 9.53 Å². The smallest absolute Gasteiger partial charge is 0.310 e. The Labute approximate surface area is 94.8 Å². The van der Waals surface area contributed by atoms with Gasteiger partial charge in [0.15, 0.2) is 0 Å². The summed E-state index contributed by atoms with van der Waals surface area (Å²) in [6.07, 6.45) is 0.391. The summed E-state index contributed by atoms with van der Waals surface area (Å²) in [6.45, 7) is 3.84. The molecule has 0 aliphatic heterocycles. The molecule has 0 unspecified atom stereocenters. The van der Waals surface area contributed by atoms with Crippen molar-refractivity contribution in [2.24, 2.45) is 0 Å². The van der Waals surface area contributed by atoms with E-state index in [4.69, 9.17) is 4.74 Å². The van der Waals surface area contributed by atoms with E-state index in [9.17, 15) is 4.79 Å². The Morgan fingerprint density at radius 3 is 2.50 bits per heavy atom. The zero-order chi connectivity index (χ0) is 11.5. The number of benzene rings is 2. The lowest BCUT2D eigenvalue weighted by atomic mass is 10.0.